The summed E-state index contributed by atoms with van der Waals surface area (Å²) < 4.78 is 0. The minimum absolute atomic E-state index is 0.531. The number of thioether (sulfide) groups is 1. The molecule has 2 unspecified atom stereocenters. The number of fused-ring (bicyclic) bond motifs is 1. The van der Waals surface area contributed by atoms with Gasteiger partial charge in [-0.3, -0.25) is 0 Å². The lowest BCUT2D eigenvalue weighted by Crippen LogP contribution is -2.28. The van der Waals surface area contributed by atoms with Gasteiger partial charge in [-0.05, 0) is 29.9 Å². The lowest BCUT2D eigenvalue weighted by molar-refractivity contribution is 0.442. The predicted octanol–water partition coefficient (Wildman–Crippen LogP) is 3.58. The van der Waals surface area contributed by atoms with Gasteiger partial charge in [-0.2, -0.15) is 0 Å². The normalized spacial score (nSPS) is 22.2. The molecule has 1 aliphatic rings. The van der Waals surface area contributed by atoms with E-state index in [1.807, 2.05) is 11.8 Å². The SMILES string of the molecule is C#CCSCCNC1CCC(C)c2ccccc21. The highest BCUT2D eigenvalue weighted by molar-refractivity contribution is 7.99. The Morgan fingerprint density at radius 2 is 2.11 bits per heavy atom. The molecule has 1 nitrogen and oxygen atoms in total. The van der Waals surface area contributed by atoms with E-state index in [2.05, 4.69) is 42.4 Å². The molecule has 0 amide bonds. The molecule has 0 aliphatic heterocycles. The number of hydrogen-bond donors (Lipinski definition) is 1. The summed E-state index contributed by atoms with van der Waals surface area (Å²) in [5.74, 6) is 5.28. The van der Waals surface area contributed by atoms with Crippen LogP contribution in [0.4, 0.5) is 0 Å². The maximum absolute atomic E-state index is 5.24. The largest absolute Gasteiger partial charge is 0.309 e. The first-order chi connectivity index (χ1) is 8.83. The Morgan fingerprint density at radius 1 is 1.33 bits per heavy atom. The standard InChI is InChI=1S/C16H21NS/c1-3-11-18-12-10-17-16-9-8-13(2)14-6-4-5-7-15(14)16/h1,4-7,13,16-17H,8-12H2,2H3. The average Bonchev–Trinajstić information content (AvgIpc) is 2.41. The molecule has 2 rings (SSSR count). The summed E-state index contributed by atoms with van der Waals surface area (Å²) in [5, 5.41) is 3.67. The van der Waals surface area contributed by atoms with Gasteiger partial charge in [0.1, 0.15) is 0 Å². The minimum Gasteiger partial charge on any atom is -0.309 e. The number of nitrogens with one attached hydrogen (secondary N) is 1. The summed E-state index contributed by atoms with van der Waals surface area (Å²) in [7, 11) is 0. The second kappa shape index (κ2) is 6.87. The average molecular weight is 259 g/mol. The van der Waals surface area contributed by atoms with Gasteiger partial charge in [-0.15, -0.1) is 18.2 Å². The smallest absolute Gasteiger partial charge is 0.0545 e. The van der Waals surface area contributed by atoms with Gasteiger partial charge in [-0.25, -0.2) is 0 Å². The van der Waals surface area contributed by atoms with Crippen molar-refractivity contribution < 1.29 is 0 Å². The van der Waals surface area contributed by atoms with E-state index in [4.69, 9.17) is 6.42 Å². The van der Waals surface area contributed by atoms with Crippen molar-refractivity contribution in [3.05, 3.63) is 35.4 Å². The molecule has 2 atom stereocenters. The fourth-order valence-corrected chi connectivity index (χ4v) is 3.18. The molecular formula is C16H21NS. The van der Waals surface area contributed by atoms with Crippen molar-refractivity contribution in [1.29, 1.82) is 0 Å². The van der Waals surface area contributed by atoms with Crippen LogP contribution in [0.25, 0.3) is 0 Å². The number of benzene rings is 1. The second-order valence-electron chi connectivity index (χ2n) is 4.87. The summed E-state index contributed by atoms with van der Waals surface area (Å²) in [5.41, 5.74) is 3.02. The molecule has 1 aromatic carbocycles. The van der Waals surface area contributed by atoms with Gasteiger partial charge in [0.2, 0.25) is 0 Å². The van der Waals surface area contributed by atoms with Gasteiger partial charge in [0.05, 0.1) is 5.75 Å². The second-order valence-corrected chi connectivity index (χ2v) is 5.98. The van der Waals surface area contributed by atoms with Gasteiger partial charge in [-0.1, -0.05) is 37.1 Å². The van der Waals surface area contributed by atoms with Gasteiger partial charge >= 0.3 is 0 Å². The van der Waals surface area contributed by atoms with Crippen LogP contribution >= 0.6 is 11.8 Å². The van der Waals surface area contributed by atoms with E-state index in [0.717, 1.165) is 18.1 Å². The fourth-order valence-electron chi connectivity index (χ4n) is 2.65. The summed E-state index contributed by atoms with van der Waals surface area (Å²) in [6.45, 7) is 3.37. The number of hydrogen-bond acceptors (Lipinski definition) is 2. The number of terminal acetylenes is 1. The van der Waals surface area contributed by atoms with Gasteiger partial charge in [0.25, 0.3) is 0 Å². The molecule has 0 saturated heterocycles. The van der Waals surface area contributed by atoms with Crippen LogP contribution in [0.2, 0.25) is 0 Å². The van der Waals surface area contributed by atoms with Crippen molar-refractivity contribution in [2.75, 3.05) is 18.1 Å². The molecular weight excluding hydrogens is 238 g/mol. The van der Waals surface area contributed by atoms with E-state index >= 15 is 0 Å². The van der Waals surface area contributed by atoms with Crippen molar-refractivity contribution in [3.8, 4) is 12.3 Å². The summed E-state index contributed by atoms with van der Waals surface area (Å²) >= 11 is 1.83. The van der Waals surface area contributed by atoms with Crippen LogP contribution < -0.4 is 5.32 Å². The van der Waals surface area contributed by atoms with Crippen molar-refractivity contribution >= 4 is 11.8 Å². The maximum atomic E-state index is 5.24. The highest BCUT2D eigenvalue weighted by atomic mass is 32.2. The number of rotatable bonds is 5. The molecule has 0 spiro atoms. The maximum Gasteiger partial charge on any atom is 0.0545 e. The molecule has 1 aromatic rings. The molecule has 1 N–H and O–H groups in total. The van der Waals surface area contributed by atoms with E-state index in [9.17, 15) is 0 Å². The summed E-state index contributed by atoms with van der Waals surface area (Å²) in [6.07, 6.45) is 7.77. The minimum atomic E-state index is 0.531. The third-order valence-corrected chi connectivity index (χ3v) is 4.48. The summed E-state index contributed by atoms with van der Waals surface area (Å²) in [6, 6.07) is 9.39. The molecule has 0 heterocycles. The highest BCUT2D eigenvalue weighted by Gasteiger charge is 2.23. The van der Waals surface area contributed by atoms with E-state index in [0.29, 0.717) is 12.0 Å². The van der Waals surface area contributed by atoms with Crippen molar-refractivity contribution in [2.45, 2.75) is 31.7 Å². The van der Waals surface area contributed by atoms with Gasteiger partial charge in [0, 0.05) is 18.3 Å². The molecule has 2 heteroatoms. The Morgan fingerprint density at radius 3 is 2.89 bits per heavy atom. The van der Waals surface area contributed by atoms with E-state index in [1.54, 1.807) is 0 Å². The first-order valence-electron chi connectivity index (χ1n) is 6.66. The third kappa shape index (κ3) is 3.31. The molecule has 0 aromatic heterocycles. The van der Waals surface area contributed by atoms with Crippen molar-refractivity contribution in [1.82, 2.24) is 5.32 Å². The lowest BCUT2D eigenvalue weighted by atomic mass is 9.81. The Balaban J connectivity index is 1.91. The first kappa shape index (κ1) is 13.5. The zero-order valence-electron chi connectivity index (χ0n) is 11.0. The van der Waals surface area contributed by atoms with Crippen LogP contribution in [-0.2, 0) is 0 Å². The zero-order valence-corrected chi connectivity index (χ0v) is 11.8. The van der Waals surface area contributed by atoms with E-state index in [-0.39, 0.29) is 0 Å². The van der Waals surface area contributed by atoms with E-state index < -0.39 is 0 Å². The molecule has 0 bridgehead atoms. The van der Waals surface area contributed by atoms with Crippen LogP contribution in [0.1, 0.15) is 42.9 Å². The molecule has 0 radical (unpaired) electrons. The quantitative estimate of drug-likeness (QED) is 0.641. The molecule has 18 heavy (non-hydrogen) atoms. The van der Waals surface area contributed by atoms with Gasteiger partial charge < -0.3 is 5.32 Å². The Labute approximate surface area is 115 Å². The van der Waals surface area contributed by atoms with Crippen LogP contribution in [0.15, 0.2) is 24.3 Å². The molecule has 0 fully saturated rings. The third-order valence-electron chi connectivity index (χ3n) is 3.61. The first-order valence-corrected chi connectivity index (χ1v) is 7.82. The van der Waals surface area contributed by atoms with Crippen LogP contribution in [-0.4, -0.2) is 18.1 Å². The monoisotopic (exact) mass is 259 g/mol. The van der Waals surface area contributed by atoms with Crippen LogP contribution in [0.3, 0.4) is 0 Å². The van der Waals surface area contributed by atoms with Crippen LogP contribution in [0, 0.1) is 12.3 Å². The van der Waals surface area contributed by atoms with Crippen molar-refractivity contribution in [3.63, 3.8) is 0 Å². The molecule has 96 valence electrons. The fraction of sp³-hybridized carbons (Fsp3) is 0.500. The predicted molar refractivity (Wildman–Crippen MR) is 81.0 cm³/mol. The highest BCUT2D eigenvalue weighted by Crippen LogP contribution is 2.36. The Hall–Kier alpha value is -0.910. The topological polar surface area (TPSA) is 12.0 Å². The Bertz CT molecular complexity index is 421. The van der Waals surface area contributed by atoms with Crippen molar-refractivity contribution in [2.24, 2.45) is 0 Å². The summed E-state index contributed by atoms with van der Waals surface area (Å²) in [4.78, 5) is 0. The van der Waals surface area contributed by atoms with E-state index in [1.165, 1.54) is 24.0 Å². The Kier molecular flexibility index (Phi) is 5.16. The van der Waals surface area contributed by atoms with Gasteiger partial charge in [0.15, 0.2) is 0 Å². The molecule has 0 saturated carbocycles. The molecule has 1 aliphatic carbocycles. The zero-order chi connectivity index (χ0) is 12.8. The lowest BCUT2D eigenvalue weighted by Gasteiger charge is -2.30. The van der Waals surface area contributed by atoms with Crippen LogP contribution in [0.5, 0.6) is 0 Å².